The summed E-state index contributed by atoms with van der Waals surface area (Å²) in [6.45, 7) is 4.70. The molecule has 0 unspecified atom stereocenters. The van der Waals surface area contributed by atoms with Crippen molar-refractivity contribution in [3.05, 3.63) is 23.8 Å². The Labute approximate surface area is 149 Å². The smallest absolute Gasteiger partial charge is 0.191 e. The summed E-state index contributed by atoms with van der Waals surface area (Å²) in [6, 6.07) is 5.72. The molecule has 0 spiro atoms. The van der Waals surface area contributed by atoms with Gasteiger partial charge in [-0.25, -0.2) is 4.99 Å². The number of hydrogen-bond donors (Lipinski definition) is 2. The van der Waals surface area contributed by atoms with E-state index in [1.54, 1.807) is 21.3 Å². The number of benzene rings is 1. The zero-order chi connectivity index (χ0) is 15.5. The molecule has 0 aliphatic carbocycles. The Morgan fingerprint density at radius 3 is 2.50 bits per heavy atom. The first-order chi connectivity index (χ1) is 10.2. The molecule has 0 aliphatic heterocycles. The molecule has 1 rings (SSSR count). The minimum absolute atomic E-state index is 0. The van der Waals surface area contributed by atoms with Gasteiger partial charge in [0.15, 0.2) is 5.96 Å². The van der Waals surface area contributed by atoms with Crippen LogP contribution >= 0.6 is 24.0 Å². The minimum atomic E-state index is 0. The number of hydrogen-bond acceptors (Lipinski definition) is 4. The van der Waals surface area contributed by atoms with Crippen LogP contribution in [0.4, 0.5) is 0 Å². The van der Waals surface area contributed by atoms with Crippen LogP contribution in [0.2, 0.25) is 0 Å². The second kappa shape index (κ2) is 12.3. The third-order valence-electron chi connectivity index (χ3n) is 2.84. The van der Waals surface area contributed by atoms with Gasteiger partial charge in [0.2, 0.25) is 0 Å². The van der Waals surface area contributed by atoms with E-state index >= 15 is 0 Å². The molecule has 0 heterocycles. The second-order valence-electron chi connectivity index (χ2n) is 4.29. The molecule has 126 valence electrons. The zero-order valence-electron chi connectivity index (χ0n) is 13.6. The van der Waals surface area contributed by atoms with Crippen LogP contribution in [0.15, 0.2) is 23.2 Å². The zero-order valence-corrected chi connectivity index (χ0v) is 16.0. The number of aliphatic imine (C=N–C) groups is 1. The van der Waals surface area contributed by atoms with Gasteiger partial charge in [-0.15, -0.1) is 24.0 Å². The third-order valence-corrected chi connectivity index (χ3v) is 2.84. The summed E-state index contributed by atoms with van der Waals surface area (Å²) < 4.78 is 15.6. The fourth-order valence-corrected chi connectivity index (χ4v) is 1.76. The first-order valence-corrected chi connectivity index (χ1v) is 6.97. The average molecular weight is 423 g/mol. The van der Waals surface area contributed by atoms with Gasteiger partial charge in [-0.05, 0) is 19.1 Å². The molecule has 0 atom stereocenters. The second-order valence-corrected chi connectivity index (χ2v) is 4.29. The number of methoxy groups -OCH3 is 3. The molecule has 1 aromatic rings. The molecule has 0 radical (unpaired) electrons. The van der Waals surface area contributed by atoms with Gasteiger partial charge in [0.25, 0.3) is 0 Å². The predicted octanol–water partition coefficient (Wildman–Crippen LogP) is 2.02. The van der Waals surface area contributed by atoms with E-state index in [9.17, 15) is 0 Å². The van der Waals surface area contributed by atoms with Crippen LogP contribution < -0.4 is 20.1 Å². The molecule has 1 aromatic carbocycles. The predicted molar refractivity (Wildman–Crippen MR) is 99.7 cm³/mol. The highest BCUT2D eigenvalue weighted by Crippen LogP contribution is 2.24. The normalized spacial score (nSPS) is 10.6. The van der Waals surface area contributed by atoms with Crippen molar-refractivity contribution in [3.8, 4) is 11.5 Å². The van der Waals surface area contributed by atoms with Gasteiger partial charge in [0.1, 0.15) is 11.5 Å². The van der Waals surface area contributed by atoms with Gasteiger partial charge in [0, 0.05) is 31.8 Å². The summed E-state index contributed by atoms with van der Waals surface area (Å²) in [4.78, 5) is 4.54. The lowest BCUT2D eigenvalue weighted by Gasteiger charge is -2.12. The van der Waals surface area contributed by atoms with Crippen molar-refractivity contribution in [1.82, 2.24) is 10.6 Å². The largest absolute Gasteiger partial charge is 0.497 e. The van der Waals surface area contributed by atoms with Crippen LogP contribution in [0.25, 0.3) is 0 Å². The summed E-state index contributed by atoms with van der Waals surface area (Å²) in [6.07, 6.45) is 0. The maximum Gasteiger partial charge on any atom is 0.191 e. The lowest BCUT2D eigenvalue weighted by Crippen LogP contribution is -2.38. The van der Waals surface area contributed by atoms with Crippen molar-refractivity contribution < 1.29 is 14.2 Å². The highest BCUT2D eigenvalue weighted by Gasteiger charge is 2.05. The Bertz CT molecular complexity index is 456. The number of ether oxygens (including phenoxy) is 3. The standard InChI is InChI=1S/C15H25N3O3.HI/c1-5-16-15(17-8-9-19-2)18-11-12-6-7-13(20-3)10-14(12)21-4;/h6-7,10H,5,8-9,11H2,1-4H3,(H2,16,17,18);1H. The van der Waals surface area contributed by atoms with Crippen LogP contribution in [0.5, 0.6) is 11.5 Å². The molecule has 6 nitrogen and oxygen atoms in total. The van der Waals surface area contributed by atoms with E-state index in [1.807, 2.05) is 25.1 Å². The van der Waals surface area contributed by atoms with Crippen molar-refractivity contribution in [2.75, 3.05) is 41.0 Å². The van der Waals surface area contributed by atoms with Crippen molar-refractivity contribution in [2.24, 2.45) is 4.99 Å². The van der Waals surface area contributed by atoms with E-state index in [1.165, 1.54) is 0 Å². The van der Waals surface area contributed by atoms with E-state index in [2.05, 4.69) is 15.6 Å². The Morgan fingerprint density at radius 1 is 1.14 bits per heavy atom. The lowest BCUT2D eigenvalue weighted by molar-refractivity contribution is 0.203. The van der Waals surface area contributed by atoms with E-state index in [0.29, 0.717) is 19.7 Å². The fourth-order valence-electron chi connectivity index (χ4n) is 1.76. The van der Waals surface area contributed by atoms with Gasteiger partial charge in [-0.3, -0.25) is 0 Å². The molecule has 2 N–H and O–H groups in total. The van der Waals surface area contributed by atoms with Gasteiger partial charge in [-0.1, -0.05) is 0 Å². The minimum Gasteiger partial charge on any atom is -0.497 e. The molecular weight excluding hydrogens is 397 g/mol. The molecular formula is C15H26IN3O3. The van der Waals surface area contributed by atoms with Gasteiger partial charge >= 0.3 is 0 Å². The molecule has 0 aliphatic rings. The van der Waals surface area contributed by atoms with Crippen molar-refractivity contribution in [3.63, 3.8) is 0 Å². The van der Waals surface area contributed by atoms with Gasteiger partial charge in [0.05, 0.1) is 27.4 Å². The van der Waals surface area contributed by atoms with Crippen LogP contribution in [-0.4, -0.2) is 47.0 Å². The maximum atomic E-state index is 5.37. The molecule has 0 saturated heterocycles. The van der Waals surface area contributed by atoms with Gasteiger partial charge < -0.3 is 24.8 Å². The van der Waals surface area contributed by atoms with E-state index in [4.69, 9.17) is 14.2 Å². The monoisotopic (exact) mass is 423 g/mol. The first-order valence-electron chi connectivity index (χ1n) is 6.97. The number of rotatable bonds is 8. The molecule has 0 bridgehead atoms. The molecule has 0 fully saturated rings. The van der Waals surface area contributed by atoms with Crippen LogP contribution in [0.1, 0.15) is 12.5 Å². The number of nitrogens with zero attached hydrogens (tertiary/aromatic N) is 1. The fraction of sp³-hybridized carbons (Fsp3) is 0.533. The average Bonchev–Trinajstić information content (AvgIpc) is 2.52. The van der Waals surface area contributed by atoms with Crippen LogP contribution in [-0.2, 0) is 11.3 Å². The quantitative estimate of drug-likeness (QED) is 0.290. The summed E-state index contributed by atoms with van der Waals surface area (Å²) in [7, 11) is 4.95. The van der Waals surface area contributed by atoms with Crippen molar-refractivity contribution >= 4 is 29.9 Å². The topological polar surface area (TPSA) is 64.1 Å². The molecule has 0 amide bonds. The summed E-state index contributed by atoms with van der Waals surface area (Å²) in [5.74, 6) is 2.29. The molecule has 22 heavy (non-hydrogen) atoms. The Balaban J connectivity index is 0.00000441. The van der Waals surface area contributed by atoms with Crippen LogP contribution in [0, 0.1) is 0 Å². The Kier molecular flexibility index (Phi) is 11.7. The molecule has 0 aromatic heterocycles. The first kappa shape index (κ1) is 20.8. The molecule has 7 heteroatoms. The number of guanidine groups is 1. The summed E-state index contributed by atoms with van der Waals surface area (Å²) >= 11 is 0. The maximum absolute atomic E-state index is 5.37. The third kappa shape index (κ3) is 7.17. The van der Waals surface area contributed by atoms with Crippen molar-refractivity contribution in [2.45, 2.75) is 13.5 Å². The van der Waals surface area contributed by atoms with Crippen molar-refractivity contribution in [1.29, 1.82) is 0 Å². The van der Waals surface area contributed by atoms with E-state index in [0.717, 1.165) is 29.6 Å². The van der Waals surface area contributed by atoms with E-state index < -0.39 is 0 Å². The molecule has 0 saturated carbocycles. The van der Waals surface area contributed by atoms with E-state index in [-0.39, 0.29) is 24.0 Å². The number of nitrogens with one attached hydrogen (secondary N) is 2. The number of halogens is 1. The highest BCUT2D eigenvalue weighted by atomic mass is 127. The summed E-state index contributed by atoms with van der Waals surface area (Å²) in [5.41, 5.74) is 1.00. The SMILES string of the molecule is CCNC(=NCc1ccc(OC)cc1OC)NCCOC.I. The summed E-state index contributed by atoms with van der Waals surface area (Å²) in [5, 5.41) is 6.39. The Morgan fingerprint density at radius 2 is 1.91 bits per heavy atom. The lowest BCUT2D eigenvalue weighted by atomic mass is 10.2. The highest BCUT2D eigenvalue weighted by molar-refractivity contribution is 14.0. The van der Waals surface area contributed by atoms with Crippen LogP contribution in [0.3, 0.4) is 0 Å². The Hall–Kier alpha value is -1.22. The van der Waals surface area contributed by atoms with Gasteiger partial charge in [-0.2, -0.15) is 0 Å².